The first-order chi connectivity index (χ1) is 34.5. The normalized spacial score (nSPS) is 19.9. The minimum Gasteiger partial charge on any atom is -0.384 e. The second-order valence-electron chi connectivity index (χ2n) is 19.8. The number of rotatable bonds is 13. The van der Waals surface area contributed by atoms with Crippen molar-refractivity contribution in [2.45, 2.75) is 116 Å². The van der Waals surface area contributed by atoms with Crippen molar-refractivity contribution < 1.29 is 19.2 Å². The van der Waals surface area contributed by atoms with Crippen LogP contribution in [-0.2, 0) is 41.1 Å². The average Bonchev–Trinajstić information content (AvgIpc) is 4.13. The molecule has 2 unspecified atom stereocenters. The van der Waals surface area contributed by atoms with Gasteiger partial charge in [-0.3, -0.25) is 39.0 Å². The monoisotopic (exact) mass is 962 g/mol. The number of hydrogen-bond donors (Lipinski definition) is 3. The number of fused-ring (bicyclic) bond motifs is 2. The van der Waals surface area contributed by atoms with Gasteiger partial charge in [0.2, 0.25) is 11.8 Å². The highest BCUT2D eigenvalue weighted by atomic mass is 16.2. The van der Waals surface area contributed by atoms with Crippen LogP contribution in [0.2, 0.25) is 0 Å². The largest absolute Gasteiger partial charge is 0.384 e. The van der Waals surface area contributed by atoms with Gasteiger partial charge in [0.25, 0.3) is 5.91 Å². The molecular weight excluding hydrogens is 891 g/mol. The number of carbonyl (C=O) groups is 4. The second kappa shape index (κ2) is 21.8. The summed E-state index contributed by atoms with van der Waals surface area (Å²) in [5.74, 6) is 0.538. The van der Waals surface area contributed by atoms with Gasteiger partial charge >= 0.3 is 0 Å². The van der Waals surface area contributed by atoms with E-state index in [1.165, 1.54) is 16.8 Å². The number of nitrogens with one attached hydrogen (secondary N) is 3. The molecule has 3 N–H and O–H groups in total. The number of aryl methyl sites for hydroxylation is 2. The Morgan fingerprint density at radius 3 is 2.37 bits per heavy atom. The molecule has 2 aromatic carbocycles. The van der Waals surface area contributed by atoms with Crippen LogP contribution in [0.1, 0.15) is 128 Å². The van der Waals surface area contributed by atoms with Crippen LogP contribution in [0, 0.1) is 6.92 Å². The number of allylic oxidation sites excluding steroid dienone is 1. The highest BCUT2D eigenvalue weighted by Crippen LogP contribution is 2.37. The topological polar surface area (TPSA) is 153 Å². The first kappa shape index (κ1) is 49.4. The fourth-order valence-corrected chi connectivity index (χ4v) is 11.3. The van der Waals surface area contributed by atoms with E-state index in [1.807, 2.05) is 62.5 Å². The molecule has 0 aliphatic carbocycles. The Morgan fingerprint density at radius 2 is 1.63 bits per heavy atom. The number of aromatic nitrogens is 4. The molecule has 5 aromatic rings. The summed E-state index contributed by atoms with van der Waals surface area (Å²) >= 11 is 0. The number of amides is 3. The number of anilines is 2. The minimum absolute atomic E-state index is 0.0707. The molecular formula is C56H71N11O4. The summed E-state index contributed by atoms with van der Waals surface area (Å²) in [7, 11) is 4.15. The number of hydrogen-bond acceptors (Lipinski definition) is 11. The van der Waals surface area contributed by atoms with Crippen LogP contribution in [0.5, 0.6) is 0 Å². The molecule has 8 heterocycles. The maximum atomic E-state index is 13.9. The maximum absolute atomic E-state index is 13.9. The van der Waals surface area contributed by atoms with Crippen LogP contribution < -0.4 is 20.9 Å². The molecule has 3 fully saturated rings. The van der Waals surface area contributed by atoms with Gasteiger partial charge in [-0.05, 0) is 150 Å². The van der Waals surface area contributed by atoms with Crippen molar-refractivity contribution in [3.05, 3.63) is 130 Å². The van der Waals surface area contributed by atoms with Crippen molar-refractivity contribution in [2.24, 2.45) is 7.05 Å². The summed E-state index contributed by atoms with van der Waals surface area (Å²) in [5.41, 5.74) is 12.5. The SMILES string of the molecule is CC.Cc1cc(C2CCN(Cc3cc4n(n3)CCN(C(=O)c3ccc(C5CCN(C(C)c6cc7c(N(C)/C=C\C8=C(C=O)CCN8)ccnc7n6C)CC5)cc3)C4)CC2)ccc1NC1CCC(=O)NC1=O. The van der Waals surface area contributed by atoms with E-state index in [0.717, 1.165) is 134 Å². The fraction of sp³-hybridized carbons (Fsp3) is 0.464. The van der Waals surface area contributed by atoms with Crippen LogP contribution in [0.4, 0.5) is 11.4 Å². The highest BCUT2D eigenvalue weighted by Gasteiger charge is 2.30. The van der Waals surface area contributed by atoms with Crippen LogP contribution in [0.3, 0.4) is 0 Å². The van der Waals surface area contributed by atoms with E-state index in [1.54, 1.807) is 0 Å². The summed E-state index contributed by atoms with van der Waals surface area (Å²) in [6.07, 6.45) is 12.7. The molecule has 15 heteroatoms. The lowest BCUT2D eigenvalue weighted by molar-refractivity contribution is -0.133. The van der Waals surface area contributed by atoms with Crippen molar-refractivity contribution in [3.63, 3.8) is 0 Å². The lowest BCUT2D eigenvalue weighted by atomic mass is 9.88. The molecule has 2 atom stereocenters. The van der Waals surface area contributed by atoms with Gasteiger partial charge in [0.1, 0.15) is 18.0 Å². The van der Waals surface area contributed by atoms with Crippen molar-refractivity contribution in [1.82, 2.24) is 44.7 Å². The Kier molecular flexibility index (Phi) is 15.2. The van der Waals surface area contributed by atoms with Gasteiger partial charge in [0.05, 0.1) is 30.2 Å². The Bertz CT molecular complexity index is 2810. The minimum atomic E-state index is -0.388. The molecule has 0 bridgehead atoms. The lowest BCUT2D eigenvalue weighted by Crippen LogP contribution is -2.47. The molecule has 5 aliphatic heterocycles. The molecule has 374 valence electrons. The van der Waals surface area contributed by atoms with E-state index in [-0.39, 0.29) is 29.8 Å². The predicted octanol–water partition coefficient (Wildman–Crippen LogP) is 7.69. The molecule has 0 radical (unpaired) electrons. The molecule has 0 saturated carbocycles. The number of benzene rings is 2. The quantitative estimate of drug-likeness (QED) is 0.0787. The number of carbonyl (C=O) groups excluding carboxylic acids is 4. The standard InChI is InChI=1S/C54H65N11O4.C2H6/c1-35-29-41(9-10-46(35)57-48-11-12-51(67)58-53(48)68)39-15-23-62(24-16-39)32-43-30-44-33-64(27-28-65(44)59-43)54(69)40-7-5-37(6-8-40)38-17-25-63(26-18-38)36(2)50-31-45-49(14-21-56-52(45)61(50)4)60(3)22-19-47-42(34-66)13-20-55-47;1-2/h5-10,14,19,21-22,29-31,34,36,38-39,48,55,57H,11-13,15-18,20,23-28,32-33H2,1-4H3,(H,58,67,68);1-2H3/b22-19-;. The third-order valence-electron chi connectivity index (χ3n) is 15.5. The zero-order chi connectivity index (χ0) is 49.8. The van der Waals surface area contributed by atoms with Gasteiger partial charge in [-0.2, -0.15) is 5.10 Å². The average molecular weight is 962 g/mol. The number of pyridine rings is 1. The molecule has 3 saturated heterocycles. The summed E-state index contributed by atoms with van der Waals surface area (Å²) in [6.45, 7) is 15.8. The highest BCUT2D eigenvalue weighted by molar-refractivity contribution is 6.01. The number of aldehydes is 1. The summed E-state index contributed by atoms with van der Waals surface area (Å²) < 4.78 is 4.31. The number of imide groups is 1. The summed E-state index contributed by atoms with van der Waals surface area (Å²) in [5, 5.41) is 15.2. The fourth-order valence-electron chi connectivity index (χ4n) is 11.3. The van der Waals surface area contributed by atoms with Crippen LogP contribution in [-0.4, -0.2) is 110 Å². The zero-order valence-electron chi connectivity index (χ0n) is 42.4. The molecule has 15 nitrogen and oxygen atoms in total. The van der Waals surface area contributed by atoms with E-state index < -0.39 is 0 Å². The number of nitrogens with zero attached hydrogens (tertiary/aromatic N) is 8. The van der Waals surface area contributed by atoms with Crippen molar-refractivity contribution >= 4 is 46.4 Å². The third-order valence-corrected chi connectivity index (χ3v) is 15.5. The number of piperidine rings is 3. The van der Waals surface area contributed by atoms with Crippen LogP contribution >= 0.6 is 0 Å². The van der Waals surface area contributed by atoms with Crippen LogP contribution in [0.15, 0.2) is 90.4 Å². The molecule has 71 heavy (non-hydrogen) atoms. The van der Waals surface area contributed by atoms with Crippen LogP contribution in [0.25, 0.3) is 11.0 Å². The molecule has 5 aliphatic rings. The molecule has 3 amide bonds. The van der Waals surface area contributed by atoms with Gasteiger partial charge < -0.3 is 25.0 Å². The second-order valence-corrected chi connectivity index (χ2v) is 19.8. The first-order valence-corrected chi connectivity index (χ1v) is 25.9. The molecule has 0 spiro atoms. The zero-order valence-corrected chi connectivity index (χ0v) is 42.4. The van der Waals surface area contributed by atoms with Crippen molar-refractivity contribution in [1.29, 1.82) is 0 Å². The number of likely N-dealkylation sites (tertiary alicyclic amines) is 2. The predicted molar refractivity (Wildman–Crippen MR) is 279 cm³/mol. The van der Waals surface area contributed by atoms with Gasteiger partial charge in [-0.15, -0.1) is 0 Å². The summed E-state index contributed by atoms with van der Waals surface area (Å²) in [6, 6.07) is 21.2. The van der Waals surface area contributed by atoms with Gasteiger partial charge in [0.15, 0.2) is 0 Å². The van der Waals surface area contributed by atoms with Crippen molar-refractivity contribution in [2.75, 3.05) is 56.5 Å². The first-order valence-electron chi connectivity index (χ1n) is 25.9. The smallest absolute Gasteiger partial charge is 0.254 e. The Morgan fingerprint density at radius 1 is 0.901 bits per heavy atom. The van der Waals surface area contributed by atoms with E-state index in [4.69, 9.17) is 10.1 Å². The lowest BCUT2D eigenvalue weighted by Gasteiger charge is -2.36. The van der Waals surface area contributed by atoms with Crippen molar-refractivity contribution in [3.8, 4) is 0 Å². The van der Waals surface area contributed by atoms with Gasteiger partial charge in [-0.1, -0.05) is 38.1 Å². The molecule has 3 aromatic heterocycles. The Labute approximate surface area is 418 Å². The Hall–Kier alpha value is -6.58. The summed E-state index contributed by atoms with van der Waals surface area (Å²) in [4.78, 5) is 63.1. The van der Waals surface area contributed by atoms with E-state index >= 15 is 0 Å². The Balaban J connectivity index is 0.00000308. The van der Waals surface area contributed by atoms with E-state index in [9.17, 15) is 19.2 Å². The van der Waals surface area contributed by atoms with E-state index in [0.29, 0.717) is 44.3 Å². The third kappa shape index (κ3) is 10.7. The van der Waals surface area contributed by atoms with Gasteiger partial charge in [-0.25, -0.2) is 4.98 Å². The van der Waals surface area contributed by atoms with E-state index in [2.05, 4.69) is 103 Å². The van der Waals surface area contributed by atoms with Gasteiger partial charge in [0, 0.05) is 92.2 Å². The molecule has 10 rings (SSSR count). The maximum Gasteiger partial charge on any atom is 0.254 e.